The van der Waals surface area contributed by atoms with Crippen LogP contribution in [0.2, 0.25) is 0 Å². The van der Waals surface area contributed by atoms with E-state index in [1.165, 1.54) is 5.56 Å². The van der Waals surface area contributed by atoms with Crippen LogP contribution in [0.4, 0.5) is 0 Å². The summed E-state index contributed by atoms with van der Waals surface area (Å²) in [7, 11) is 0. The van der Waals surface area contributed by atoms with Crippen molar-refractivity contribution >= 4 is 11.0 Å². The average Bonchev–Trinajstić information content (AvgIpc) is 3.26. The first kappa shape index (κ1) is 21.0. The lowest BCUT2D eigenvalue weighted by Crippen LogP contribution is -2.29. The maximum absolute atomic E-state index is 6.33. The van der Waals surface area contributed by atoms with Crippen LogP contribution in [-0.2, 0) is 5.54 Å². The molecule has 0 amide bonds. The number of aromatic nitrogens is 4. The SMILES string of the molecule is Cc1cccc(-c2cc(-c3cncc(-c4ccc(C(C)(C)N)c(C)c4)c3)c3cc[nH]c3n2)n1. The van der Waals surface area contributed by atoms with Crippen molar-refractivity contribution in [2.24, 2.45) is 5.73 Å². The van der Waals surface area contributed by atoms with E-state index in [-0.39, 0.29) is 5.54 Å². The Morgan fingerprint density at radius 3 is 2.39 bits per heavy atom. The fraction of sp³-hybridized carbons (Fsp3) is 0.179. The summed E-state index contributed by atoms with van der Waals surface area (Å²) in [6.45, 7) is 8.16. The molecule has 0 radical (unpaired) electrons. The number of aryl methyl sites for hydroxylation is 2. The van der Waals surface area contributed by atoms with Crippen molar-refractivity contribution in [3.63, 3.8) is 0 Å². The minimum absolute atomic E-state index is 0.375. The highest BCUT2D eigenvalue weighted by Gasteiger charge is 2.17. The summed E-state index contributed by atoms with van der Waals surface area (Å²) in [6, 6.07) is 18.8. The standard InChI is InChI=1S/C28H27N5/c1-17-12-19(8-9-24(17)28(3,4)29)20-13-21(16-30-15-20)23-14-26(25-7-5-6-18(2)32-25)33-27-22(23)10-11-31-27/h5-16H,29H2,1-4H3,(H,31,33). The summed E-state index contributed by atoms with van der Waals surface area (Å²) in [4.78, 5) is 17.3. The molecule has 0 spiro atoms. The zero-order valence-electron chi connectivity index (χ0n) is 19.3. The van der Waals surface area contributed by atoms with E-state index in [4.69, 9.17) is 10.7 Å². The van der Waals surface area contributed by atoms with Crippen LogP contribution >= 0.6 is 0 Å². The van der Waals surface area contributed by atoms with E-state index in [2.05, 4.69) is 58.3 Å². The van der Waals surface area contributed by atoms with Gasteiger partial charge in [-0.05, 0) is 80.3 Å². The first-order chi connectivity index (χ1) is 15.8. The highest BCUT2D eigenvalue weighted by atomic mass is 14.9. The Morgan fingerprint density at radius 1 is 0.818 bits per heavy atom. The van der Waals surface area contributed by atoms with Crippen molar-refractivity contribution in [3.05, 3.63) is 90.0 Å². The fourth-order valence-corrected chi connectivity index (χ4v) is 4.40. The number of benzene rings is 1. The summed E-state index contributed by atoms with van der Waals surface area (Å²) < 4.78 is 0. The zero-order valence-corrected chi connectivity index (χ0v) is 19.3. The fourth-order valence-electron chi connectivity index (χ4n) is 4.40. The van der Waals surface area contributed by atoms with Gasteiger partial charge < -0.3 is 10.7 Å². The van der Waals surface area contributed by atoms with Gasteiger partial charge in [-0.2, -0.15) is 0 Å². The molecule has 0 atom stereocenters. The number of aromatic amines is 1. The number of pyridine rings is 3. The van der Waals surface area contributed by atoms with Crippen molar-refractivity contribution in [3.8, 4) is 33.6 Å². The van der Waals surface area contributed by atoms with Crippen LogP contribution in [0.15, 0.2) is 73.2 Å². The second-order valence-electron chi connectivity index (χ2n) is 9.17. The molecule has 164 valence electrons. The Balaban J connectivity index is 1.63. The molecule has 0 bridgehead atoms. The predicted molar refractivity (Wildman–Crippen MR) is 135 cm³/mol. The normalized spacial score (nSPS) is 11.8. The van der Waals surface area contributed by atoms with Gasteiger partial charge in [-0.3, -0.25) is 9.97 Å². The number of nitrogens with zero attached hydrogens (tertiary/aromatic N) is 3. The molecule has 0 unspecified atom stereocenters. The van der Waals surface area contributed by atoms with Crippen LogP contribution in [0, 0.1) is 13.8 Å². The lowest BCUT2D eigenvalue weighted by molar-refractivity contribution is 0.551. The second-order valence-corrected chi connectivity index (χ2v) is 9.17. The lowest BCUT2D eigenvalue weighted by Gasteiger charge is -2.22. The number of nitrogens with one attached hydrogen (secondary N) is 1. The molecule has 0 aliphatic carbocycles. The lowest BCUT2D eigenvalue weighted by atomic mass is 9.89. The number of fused-ring (bicyclic) bond motifs is 1. The molecule has 33 heavy (non-hydrogen) atoms. The molecule has 5 aromatic rings. The maximum atomic E-state index is 6.33. The molecule has 1 aromatic carbocycles. The summed E-state index contributed by atoms with van der Waals surface area (Å²) in [5.74, 6) is 0. The Labute approximate surface area is 193 Å². The predicted octanol–water partition coefficient (Wildman–Crippen LogP) is 6.16. The minimum Gasteiger partial charge on any atom is -0.346 e. The molecular formula is C28H27N5. The highest BCUT2D eigenvalue weighted by Crippen LogP contribution is 2.34. The minimum atomic E-state index is -0.375. The van der Waals surface area contributed by atoms with Gasteiger partial charge in [0.1, 0.15) is 5.65 Å². The molecule has 5 heteroatoms. The Hall–Kier alpha value is -3.83. The number of hydrogen-bond acceptors (Lipinski definition) is 4. The monoisotopic (exact) mass is 433 g/mol. The molecule has 0 saturated heterocycles. The van der Waals surface area contributed by atoms with Crippen molar-refractivity contribution in [1.82, 2.24) is 19.9 Å². The van der Waals surface area contributed by atoms with Gasteiger partial charge in [-0.1, -0.05) is 24.3 Å². The van der Waals surface area contributed by atoms with E-state index in [1.807, 2.05) is 57.6 Å². The van der Waals surface area contributed by atoms with Gasteiger partial charge in [-0.15, -0.1) is 0 Å². The Bertz CT molecular complexity index is 1470. The van der Waals surface area contributed by atoms with E-state index < -0.39 is 0 Å². The second kappa shape index (κ2) is 7.94. The molecule has 4 aromatic heterocycles. The van der Waals surface area contributed by atoms with Crippen molar-refractivity contribution in [2.75, 3.05) is 0 Å². The van der Waals surface area contributed by atoms with E-state index in [9.17, 15) is 0 Å². The van der Waals surface area contributed by atoms with Crippen LogP contribution in [0.25, 0.3) is 44.7 Å². The first-order valence-electron chi connectivity index (χ1n) is 11.1. The molecule has 0 aliphatic rings. The molecule has 5 nitrogen and oxygen atoms in total. The average molecular weight is 434 g/mol. The summed E-state index contributed by atoms with van der Waals surface area (Å²) in [5, 5.41) is 1.06. The topological polar surface area (TPSA) is 80.5 Å². The van der Waals surface area contributed by atoms with Crippen LogP contribution < -0.4 is 5.73 Å². The Morgan fingerprint density at radius 2 is 1.64 bits per heavy atom. The van der Waals surface area contributed by atoms with Crippen LogP contribution in [0.1, 0.15) is 30.7 Å². The third-order valence-electron chi connectivity index (χ3n) is 5.98. The largest absolute Gasteiger partial charge is 0.346 e. The summed E-state index contributed by atoms with van der Waals surface area (Å²) >= 11 is 0. The van der Waals surface area contributed by atoms with Crippen LogP contribution in [0.5, 0.6) is 0 Å². The molecule has 0 fully saturated rings. The zero-order chi connectivity index (χ0) is 23.2. The number of H-pyrrole nitrogens is 1. The third kappa shape index (κ3) is 4.03. The first-order valence-corrected chi connectivity index (χ1v) is 11.1. The van der Waals surface area contributed by atoms with Gasteiger partial charge in [0.25, 0.3) is 0 Å². The van der Waals surface area contributed by atoms with Crippen LogP contribution in [0.3, 0.4) is 0 Å². The number of nitrogens with two attached hydrogens (primary N) is 1. The quantitative estimate of drug-likeness (QED) is 0.355. The molecule has 0 aliphatic heterocycles. The molecule has 0 saturated carbocycles. The van der Waals surface area contributed by atoms with Gasteiger partial charge in [0.2, 0.25) is 0 Å². The van der Waals surface area contributed by atoms with E-state index >= 15 is 0 Å². The molecule has 3 N–H and O–H groups in total. The Kier molecular flexibility index (Phi) is 5.06. The van der Waals surface area contributed by atoms with Crippen molar-refractivity contribution < 1.29 is 0 Å². The van der Waals surface area contributed by atoms with Gasteiger partial charge in [-0.25, -0.2) is 4.98 Å². The van der Waals surface area contributed by atoms with Crippen LogP contribution in [-0.4, -0.2) is 19.9 Å². The van der Waals surface area contributed by atoms with E-state index in [0.29, 0.717) is 0 Å². The van der Waals surface area contributed by atoms with Gasteiger partial charge in [0.15, 0.2) is 0 Å². The number of rotatable bonds is 4. The third-order valence-corrected chi connectivity index (χ3v) is 5.98. The summed E-state index contributed by atoms with van der Waals surface area (Å²) in [5.41, 5.74) is 16.1. The van der Waals surface area contributed by atoms with E-state index in [1.54, 1.807) is 0 Å². The highest BCUT2D eigenvalue weighted by molar-refractivity contribution is 5.95. The molecular weight excluding hydrogens is 406 g/mol. The smallest absolute Gasteiger partial charge is 0.138 e. The van der Waals surface area contributed by atoms with Crippen molar-refractivity contribution in [1.29, 1.82) is 0 Å². The van der Waals surface area contributed by atoms with Gasteiger partial charge >= 0.3 is 0 Å². The summed E-state index contributed by atoms with van der Waals surface area (Å²) in [6.07, 6.45) is 5.73. The van der Waals surface area contributed by atoms with E-state index in [0.717, 1.165) is 55.9 Å². The molecule has 5 rings (SSSR count). The maximum Gasteiger partial charge on any atom is 0.138 e. The number of hydrogen-bond donors (Lipinski definition) is 2. The van der Waals surface area contributed by atoms with Gasteiger partial charge in [0.05, 0.1) is 11.4 Å². The van der Waals surface area contributed by atoms with Crippen molar-refractivity contribution in [2.45, 2.75) is 33.2 Å². The molecule has 4 heterocycles. The van der Waals surface area contributed by atoms with Gasteiger partial charge in [0, 0.05) is 46.3 Å².